The highest BCUT2D eigenvalue weighted by molar-refractivity contribution is 7.95. The molecule has 0 saturated carbocycles. The summed E-state index contributed by atoms with van der Waals surface area (Å²) >= 11 is -0.0223. The molecule has 4 nitrogen and oxygen atoms in total. The minimum Gasteiger partial charge on any atom is -0.308 e. The molecule has 0 aliphatic heterocycles. The van der Waals surface area contributed by atoms with Gasteiger partial charge in [-0.1, -0.05) is 12.1 Å². The molecule has 2 N–H and O–H groups in total. The van der Waals surface area contributed by atoms with Crippen LogP contribution in [0.15, 0.2) is 48.7 Å². The van der Waals surface area contributed by atoms with Crippen molar-refractivity contribution in [2.45, 2.75) is 6.92 Å². The number of nitrogens with one attached hydrogen (secondary N) is 2. The molecule has 2 aromatic heterocycles. The van der Waals surface area contributed by atoms with Crippen molar-refractivity contribution in [3.05, 3.63) is 65.7 Å². The van der Waals surface area contributed by atoms with Gasteiger partial charge < -0.3 is 10.1 Å². The summed E-state index contributed by atoms with van der Waals surface area (Å²) in [5, 5.41) is 7.53. The Hall–Kier alpha value is -2.80. The Kier molecular flexibility index (Phi) is 5.04. The lowest BCUT2D eigenvalue weighted by Crippen LogP contribution is -1.96. The fourth-order valence-electron chi connectivity index (χ4n) is 2.50. The molecule has 0 amide bonds. The van der Waals surface area contributed by atoms with Crippen LogP contribution in [0.3, 0.4) is 0 Å². The summed E-state index contributed by atoms with van der Waals surface area (Å²) in [6.45, 7) is 1.60. The molecule has 3 aromatic rings. The van der Waals surface area contributed by atoms with E-state index in [4.69, 9.17) is 5.41 Å². The number of hydrogen-bond donors (Lipinski definition) is 2. The van der Waals surface area contributed by atoms with E-state index in [1.54, 1.807) is 37.4 Å². The van der Waals surface area contributed by atoms with Crippen molar-refractivity contribution >= 4 is 24.2 Å². The molecule has 25 heavy (non-hydrogen) atoms. The van der Waals surface area contributed by atoms with E-state index in [0.29, 0.717) is 28.3 Å². The summed E-state index contributed by atoms with van der Waals surface area (Å²) in [5.74, 6) is -0.369. The molecular formula is C18H14F2N4S. The first-order chi connectivity index (χ1) is 12.1. The van der Waals surface area contributed by atoms with E-state index >= 15 is 0 Å². The van der Waals surface area contributed by atoms with Gasteiger partial charge in [0.1, 0.15) is 5.82 Å². The number of rotatable bonds is 5. The molecule has 0 unspecified atom stereocenters. The van der Waals surface area contributed by atoms with Gasteiger partial charge in [-0.25, -0.2) is 9.37 Å². The zero-order valence-electron chi connectivity index (χ0n) is 13.3. The molecule has 0 saturated heterocycles. The van der Waals surface area contributed by atoms with Crippen LogP contribution < -0.4 is 4.72 Å². The SMILES string of the molecule is Cc1nc(-c2ncccc2-c2ccc(NSF)c(C=N)c2)ccc1F. The smallest absolute Gasteiger partial charge is 0.162 e. The van der Waals surface area contributed by atoms with Crippen molar-refractivity contribution in [1.29, 1.82) is 5.41 Å². The molecule has 0 bridgehead atoms. The van der Waals surface area contributed by atoms with Crippen molar-refractivity contribution in [1.82, 2.24) is 9.97 Å². The number of nitrogens with zero attached hydrogens (tertiary/aromatic N) is 2. The van der Waals surface area contributed by atoms with Gasteiger partial charge in [0.25, 0.3) is 0 Å². The largest absolute Gasteiger partial charge is 0.308 e. The van der Waals surface area contributed by atoms with Gasteiger partial charge in [-0.15, -0.1) is 3.89 Å². The van der Waals surface area contributed by atoms with Gasteiger partial charge in [-0.3, -0.25) is 4.98 Å². The Bertz CT molecular complexity index is 931. The summed E-state index contributed by atoms with van der Waals surface area (Å²) in [5.41, 5.74) is 4.12. The second-order valence-corrected chi connectivity index (χ2v) is 5.65. The third-order valence-electron chi connectivity index (χ3n) is 3.74. The number of aryl methyl sites for hydroxylation is 1. The van der Waals surface area contributed by atoms with Gasteiger partial charge in [0, 0.05) is 23.5 Å². The van der Waals surface area contributed by atoms with Gasteiger partial charge in [0.05, 0.1) is 22.8 Å². The van der Waals surface area contributed by atoms with Crippen molar-refractivity contribution in [3.8, 4) is 22.5 Å². The number of halogens is 2. The van der Waals surface area contributed by atoms with Gasteiger partial charge in [-0.05, 0) is 42.8 Å². The van der Waals surface area contributed by atoms with Crippen molar-refractivity contribution in [2.75, 3.05) is 4.72 Å². The van der Waals surface area contributed by atoms with E-state index in [9.17, 15) is 8.28 Å². The topological polar surface area (TPSA) is 61.7 Å². The van der Waals surface area contributed by atoms with Crippen molar-refractivity contribution < 1.29 is 8.28 Å². The van der Waals surface area contributed by atoms with E-state index in [1.807, 2.05) is 12.1 Å². The molecule has 126 valence electrons. The molecule has 0 aliphatic rings. The van der Waals surface area contributed by atoms with Crippen LogP contribution in [0.5, 0.6) is 0 Å². The highest BCUT2D eigenvalue weighted by Crippen LogP contribution is 2.32. The van der Waals surface area contributed by atoms with Crippen LogP contribution in [-0.2, 0) is 0 Å². The average molecular weight is 356 g/mol. The molecular weight excluding hydrogens is 342 g/mol. The van der Waals surface area contributed by atoms with Crippen LogP contribution in [-0.4, -0.2) is 16.2 Å². The highest BCUT2D eigenvalue weighted by Gasteiger charge is 2.13. The van der Waals surface area contributed by atoms with Crippen molar-refractivity contribution in [2.24, 2.45) is 0 Å². The van der Waals surface area contributed by atoms with Crippen LogP contribution in [0.2, 0.25) is 0 Å². The zero-order valence-corrected chi connectivity index (χ0v) is 14.1. The summed E-state index contributed by atoms with van der Waals surface area (Å²) < 4.78 is 28.5. The first-order valence-electron chi connectivity index (χ1n) is 7.41. The number of pyridine rings is 2. The standard InChI is InChI=1S/C18H14F2N4S/c1-11-15(19)5-7-17(23-11)18-14(3-2-8-22-18)12-4-6-16(24-25-20)13(9-12)10-21/h2-10,21,24H,1H3. The quantitative estimate of drug-likeness (QED) is 0.487. The third-order valence-corrected chi connectivity index (χ3v) is 4.04. The maximum absolute atomic E-state index is 13.5. The lowest BCUT2D eigenvalue weighted by Gasteiger charge is -2.11. The molecule has 0 atom stereocenters. The molecule has 3 rings (SSSR count). The van der Waals surface area contributed by atoms with Gasteiger partial charge >= 0.3 is 0 Å². The third kappa shape index (κ3) is 3.51. The maximum atomic E-state index is 13.5. The van der Waals surface area contributed by atoms with E-state index < -0.39 is 0 Å². The fourth-order valence-corrected chi connectivity index (χ4v) is 2.77. The number of benzene rings is 1. The Morgan fingerprint density at radius 1 is 1.20 bits per heavy atom. The first kappa shape index (κ1) is 17.0. The van der Waals surface area contributed by atoms with Crippen LogP contribution in [0.1, 0.15) is 11.3 Å². The maximum Gasteiger partial charge on any atom is 0.162 e. The van der Waals surface area contributed by atoms with Crippen LogP contribution >= 0.6 is 12.3 Å². The molecule has 0 fully saturated rings. The molecule has 0 spiro atoms. The number of aromatic nitrogens is 2. The number of hydrogen-bond acceptors (Lipinski definition) is 5. The minimum atomic E-state index is -0.369. The van der Waals surface area contributed by atoms with E-state index in [2.05, 4.69) is 14.7 Å². The first-order valence-corrected chi connectivity index (χ1v) is 8.12. The van der Waals surface area contributed by atoms with E-state index in [1.165, 1.54) is 6.07 Å². The van der Waals surface area contributed by atoms with Crippen LogP contribution in [0.4, 0.5) is 14.0 Å². The Labute approximate surface area is 148 Å². The molecule has 1 aromatic carbocycles. The monoisotopic (exact) mass is 356 g/mol. The Morgan fingerprint density at radius 3 is 2.76 bits per heavy atom. The summed E-state index contributed by atoms with van der Waals surface area (Å²) in [7, 11) is 0. The van der Waals surface area contributed by atoms with Gasteiger partial charge in [0.2, 0.25) is 0 Å². The van der Waals surface area contributed by atoms with Gasteiger partial charge in [0.15, 0.2) is 12.3 Å². The van der Waals surface area contributed by atoms with Gasteiger partial charge in [-0.2, -0.15) is 0 Å². The molecule has 0 radical (unpaired) electrons. The predicted molar refractivity (Wildman–Crippen MR) is 97.8 cm³/mol. The Morgan fingerprint density at radius 2 is 2.04 bits per heavy atom. The second-order valence-electron chi connectivity index (χ2n) is 5.29. The van der Waals surface area contributed by atoms with Crippen LogP contribution in [0, 0.1) is 18.2 Å². The average Bonchev–Trinajstić information content (AvgIpc) is 2.64. The predicted octanol–water partition coefficient (Wildman–Crippen LogP) is 5.20. The lowest BCUT2D eigenvalue weighted by atomic mass is 9.99. The zero-order chi connectivity index (χ0) is 17.8. The van der Waals surface area contributed by atoms with E-state index in [-0.39, 0.29) is 18.2 Å². The summed E-state index contributed by atoms with van der Waals surface area (Å²) in [6.07, 6.45) is 2.80. The fraction of sp³-hybridized carbons (Fsp3) is 0.0556. The minimum absolute atomic E-state index is 0.0223. The van der Waals surface area contributed by atoms with Crippen molar-refractivity contribution in [3.63, 3.8) is 0 Å². The second kappa shape index (κ2) is 7.40. The molecule has 7 heteroatoms. The summed E-state index contributed by atoms with van der Waals surface area (Å²) in [6, 6.07) is 11.9. The number of anilines is 1. The summed E-state index contributed by atoms with van der Waals surface area (Å²) in [4.78, 5) is 8.66. The highest BCUT2D eigenvalue weighted by atomic mass is 32.2. The molecule has 2 heterocycles. The van der Waals surface area contributed by atoms with Crippen LogP contribution in [0.25, 0.3) is 22.5 Å². The lowest BCUT2D eigenvalue weighted by molar-refractivity contribution is 0.610. The Balaban J connectivity index is 2.12. The normalized spacial score (nSPS) is 10.5. The van der Waals surface area contributed by atoms with E-state index in [0.717, 1.165) is 17.3 Å². The molecule has 0 aliphatic carbocycles.